The summed E-state index contributed by atoms with van der Waals surface area (Å²) in [6, 6.07) is 14.1. The number of amides is 1. The van der Waals surface area contributed by atoms with Crippen LogP contribution in [0.25, 0.3) is 0 Å². The molecule has 2 aromatic rings. The molecule has 1 amide bonds. The van der Waals surface area contributed by atoms with E-state index < -0.39 is 0 Å². The van der Waals surface area contributed by atoms with Crippen molar-refractivity contribution < 1.29 is 14.3 Å². The van der Waals surface area contributed by atoms with E-state index in [2.05, 4.69) is 61.4 Å². The molecule has 0 spiro atoms. The Morgan fingerprint density at radius 1 is 1.00 bits per heavy atom. The van der Waals surface area contributed by atoms with E-state index in [0.29, 0.717) is 28.1 Å². The molecule has 3 rings (SSSR count). The van der Waals surface area contributed by atoms with Crippen molar-refractivity contribution in [2.75, 3.05) is 53.5 Å². The molecule has 1 heterocycles. The molecule has 0 aliphatic carbocycles. The highest BCUT2D eigenvalue weighted by Crippen LogP contribution is 2.35. The van der Waals surface area contributed by atoms with Gasteiger partial charge in [-0.2, -0.15) is 0 Å². The molecule has 0 unspecified atom stereocenters. The third-order valence-electron chi connectivity index (χ3n) is 5.36. The number of benzene rings is 2. The second kappa shape index (κ2) is 11.3. The van der Waals surface area contributed by atoms with Crippen LogP contribution in [0.1, 0.15) is 22.3 Å². The summed E-state index contributed by atoms with van der Waals surface area (Å²) in [4.78, 5) is 17.5. The Bertz CT molecular complexity index is 799. The molecule has 0 radical (unpaired) electrons. The topological polar surface area (TPSA) is 54.0 Å². The van der Waals surface area contributed by atoms with Gasteiger partial charge in [-0.1, -0.05) is 30.3 Å². The van der Waals surface area contributed by atoms with Crippen molar-refractivity contribution in [2.24, 2.45) is 0 Å². The van der Waals surface area contributed by atoms with Crippen LogP contribution in [0.4, 0.5) is 0 Å². The van der Waals surface area contributed by atoms with Gasteiger partial charge in [0.15, 0.2) is 0 Å². The highest BCUT2D eigenvalue weighted by Gasteiger charge is 2.17. The fourth-order valence-electron chi connectivity index (χ4n) is 3.62. The molecule has 6 nitrogen and oxygen atoms in total. The minimum atomic E-state index is -0.119. The van der Waals surface area contributed by atoms with Crippen LogP contribution in [0.15, 0.2) is 46.9 Å². The van der Waals surface area contributed by atoms with Crippen molar-refractivity contribution in [1.29, 1.82) is 0 Å². The first-order valence-electron chi connectivity index (χ1n) is 10.3. The highest BCUT2D eigenvalue weighted by molar-refractivity contribution is 9.10. The number of halogens is 1. The predicted molar refractivity (Wildman–Crippen MR) is 122 cm³/mol. The van der Waals surface area contributed by atoms with E-state index in [-0.39, 0.29) is 5.91 Å². The van der Waals surface area contributed by atoms with Crippen LogP contribution in [-0.2, 0) is 6.54 Å². The molecular formula is C23H30BrN3O3. The zero-order valence-electron chi connectivity index (χ0n) is 17.7. The first kappa shape index (κ1) is 22.6. The van der Waals surface area contributed by atoms with Crippen LogP contribution >= 0.6 is 15.9 Å². The number of nitrogens with zero attached hydrogens (tertiary/aromatic N) is 2. The number of hydrogen-bond donors (Lipinski definition) is 1. The third-order valence-corrected chi connectivity index (χ3v) is 6.14. The summed E-state index contributed by atoms with van der Waals surface area (Å²) in [6.45, 7) is 6.96. The standard InChI is InChI=1S/C23H30BrN3O3/c1-29-20-15-19(16-21(30-2)22(20)24)23(28)25-9-6-10-26-11-13-27(14-12-26)17-18-7-4-3-5-8-18/h3-5,7-8,15-16H,6,9-14,17H2,1-2H3,(H,25,28). The molecule has 1 aliphatic heterocycles. The summed E-state index contributed by atoms with van der Waals surface area (Å²) in [7, 11) is 3.14. The van der Waals surface area contributed by atoms with Gasteiger partial charge in [0.25, 0.3) is 5.91 Å². The second-order valence-corrected chi connectivity index (χ2v) is 8.20. The summed E-state index contributed by atoms with van der Waals surface area (Å²) in [5.74, 6) is 1.03. The molecule has 0 aromatic heterocycles. The predicted octanol–water partition coefficient (Wildman–Crippen LogP) is 3.40. The van der Waals surface area contributed by atoms with Gasteiger partial charge >= 0.3 is 0 Å². The maximum atomic E-state index is 12.5. The molecule has 0 saturated carbocycles. The molecule has 7 heteroatoms. The minimum absolute atomic E-state index is 0.119. The van der Waals surface area contributed by atoms with E-state index in [0.717, 1.165) is 45.7 Å². The Morgan fingerprint density at radius 2 is 1.60 bits per heavy atom. The van der Waals surface area contributed by atoms with Crippen molar-refractivity contribution in [3.63, 3.8) is 0 Å². The largest absolute Gasteiger partial charge is 0.495 e. The fourth-order valence-corrected chi connectivity index (χ4v) is 4.17. The highest BCUT2D eigenvalue weighted by atomic mass is 79.9. The van der Waals surface area contributed by atoms with E-state index >= 15 is 0 Å². The Balaban J connectivity index is 1.38. The zero-order valence-corrected chi connectivity index (χ0v) is 19.3. The minimum Gasteiger partial charge on any atom is -0.495 e. The lowest BCUT2D eigenvalue weighted by Crippen LogP contribution is -2.46. The molecule has 1 saturated heterocycles. The Kier molecular flexibility index (Phi) is 8.54. The number of ether oxygens (including phenoxy) is 2. The average Bonchev–Trinajstić information content (AvgIpc) is 2.78. The number of hydrogen-bond acceptors (Lipinski definition) is 5. The number of piperazine rings is 1. The second-order valence-electron chi connectivity index (χ2n) is 7.41. The van der Waals surface area contributed by atoms with Gasteiger partial charge in [0.2, 0.25) is 0 Å². The van der Waals surface area contributed by atoms with Gasteiger partial charge in [0.05, 0.1) is 14.2 Å². The van der Waals surface area contributed by atoms with Gasteiger partial charge in [-0.05, 0) is 46.6 Å². The Morgan fingerprint density at radius 3 is 2.20 bits per heavy atom. The van der Waals surface area contributed by atoms with Gasteiger partial charge < -0.3 is 19.7 Å². The van der Waals surface area contributed by atoms with E-state index in [9.17, 15) is 4.79 Å². The van der Waals surface area contributed by atoms with Crippen LogP contribution in [0.5, 0.6) is 11.5 Å². The number of nitrogens with one attached hydrogen (secondary N) is 1. The monoisotopic (exact) mass is 475 g/mol. The summed E-state index contributed by atoms with van der Waals surface area (Å²) in [5.41, 5.74) is 1.90. The van der Waals surface area contributed by atoms with Crippen molar-refractivity contribution in [2.45, 2.75) is 13.0 Å². The molecular weight excluding hydrogens is 446 g/mol. The maximum absolute atomic E-state index is 12.5. The molecule has 1 aliphatic rings. The molecule has 0 bridgehead atoms. The lowest BCUT2D eigenvalue weighted by Gasteiger charge is -2.34. The summed E-state index contributed by atoms with van der Waals surface area (Å²) in [5, 5.41) is 3.00. The molecule has 30 heavy (non-hydrogen) atoms. The maximum Gasteiger partial charge on any atom is 0.251 e. The van der Waals surface area contributed by atoms with E-state index in [1.165, 1.54) is 5.56 Å². The van der Waals surface area contributed by atoms with Gasteiger partial charge in [-0.15, -0.1) is 0 Å². The first-order chi connectivity index (χ1) is 14.6. The Hall–Kier alpha value is -2.09. The van der Waals surface area contributed by atoms with Crippen molar-refractivity contribution >= 4 is 21.8 Å². The van der Waals surface area contributed by atoms with Crippen molar-refractivity contribution in [3.8, 4) is 11.5 Å². The van der Waals surface area contributed by atoms with Gasteiger partial charge in [0.1, 0.15) is 16.0 Å². The van der Waals surface area contributed by atoms with Crippen LogP contribution < -0.4 is 14.8 Å². The van der Waals surface area contributed by atoms with Crippen molar-refractivity contribution in [1.82, 2.24) is 15.1 Å². The fraction of sp³-hybridized carbons (Fsp3) is 0.435. The molecule has 0 atom stereocenters. The van der Waals surface area contributed by atoms with Crippen LogP contribution in [0, 0.1) is 0 Å². The van der Waals surface area contributed by atoms with Crippen LogP contribution in [0.2, 0.25) is 0 Å². The number of carbonyl (C=O) groups is 1. The normalized spacial score (nSPS) is 15.0. The van der Waals surface area contributed by atoms with Gasteiger partial charge in [0, 0.05) is 44.8 Å². The third kappa shape index (κ3) is 6.20. The average molecular weight is 476 g/mol. The lowest BCUT2D eigenvalue weighted by atomic mass is 10.2. The van der Waals surface area contributed by atoms with Crippen LogP contribution in [-0.4, -0.2) is 69.2 Å². The molecule has 162 valence electrons. The smallest absolute Gasteiger partial charge is 0.251 e. The summed E-state index contributed by atoms with van der Waals surface area (Å²) < 4.78 is 11.3. The van der Waals surface area contributed by atoms with Crippen molar-refractivity contribution in [3.05, 3.63) is 58.1 Å². The molecule has 1 fully saturated rings. The SMILES string of the molecule is COc1cc(C(=O)NCCCN2CCN(Cc3ccccc3)CC2)cc(OC)c1Br. The van der Waals surface area contributed by atoms with Crippen LogP contribution in [0.3, 0.4) is 0 Å². The molecule has 1 N–H and O–H groups in total. The quantitative estimate of drug-likeness (QED) is 0.563. The Labute approximate surface area is 187 Å². The summed E-state index contributed by atoms with van der Waals surface area (Å²) in [6.07, 6.45) is 0.926. The van der Waals surface area contributed by atoms with Gasteiger partial charge in [-0.3, -0.25) is 9.69 Å². The first-order valence-corrected chi connectivity index (χ1v) is 11.1. The number of methoxy groups -OCH3 is 2. The number of carbonyl (C=O) groups excluding carboxylic acids is 1. The van der Waals surface area contributed by atoms with E-state index in [4.69, 9.17) is 9.47 Å². The summed E-state index contributed by atoms with van der Waals surface area (Å²) >= 11 is 3.42. The van der Waals surface area contributed by atoms with E-state index in [1.54, 1.807) is 26.4 Å². The van der Waals surface area contributed by atoms with Gasteiger partial charge in [-0.25, -0.2) is 0 Å². The lowest BCUT2D eigenvalue weighted by molar-refractivity contribution is 0.0946. The molecule has 2 aromatic carbocycles. The zero-order chi connectivity index (χ0) is 21.3. The van der Waals surface area contributed by atoms with E-state index in [1.807, 2.05) is 0 Å². The number of rotatable bonds is 9.